The van der Waals surface area contributed by atoms with Gasteiger partial charge in [0.15, 0.2) is 5.76 Å². The van der Waals surface area contributed by atoms with Crippen molar-refractivity contribution in [2.24, 2.45) is 0 Å². The summed E-state index contributed by atoms with van der Waals surface area (Å²) in [6.45, 7) is 5.90. The van der Waals surface area contributed by atoms with Crippen LogP contribution in [0.1, 0.15) is 44.1 Å². The molecule has 1 saturated carbocycles. The fourth-order valence-corrected chi connectivity index (χ4v) is 2.88. The number of methoxy groups -OCH3 is 1. The van der Waals surface area contributed by atoms with Gasteiger partial charge in [-0.05, 0) is 39.2 Å². The molecule has 2 aliphatic rings. The summed E-state index contributed by atoms with van der Waals surface area (Å²) in [6, 6.07) is 2.79. The summed E-state index contributed by atoms with van der Waals surface area (Å²) in [6.07, 6.45) is 4.91. The molecule has 1 unspecified atom stereocenters. The largest absolute Gasteiger partial charge is 0.377 e. The van der Waals surface area contributed by atoms with Crippen LogP contribution < -0.4 is 5.32 Å². The molecule has 5 heteroatoms. The highest BCUT2D eigenvalue weighted by Crippen LogP contribution is 2.25. The highest BCUT2D eigenvalue weighted by Gasteiger charge is 2.31. The third-order valence-corrected chi connectivity index (χ3v) is 4.37. The zero-order chi connectivity index (χ0) is 14.0. The maximum atomic E-state index is 5.63. The summed E-state index contributed by atoms with van der Waals surface area (Å²) in [5.41, 5.74) is 0.993. The van der Waals surface area contributed by atoms with E-state index in [1.807, 2.05) is 0 Å². The monoisotopic (exact) mass is 279 g/mol. The van der Waals surface area contributed by atoms with Crippen molar-refractivity contribution in [3.8, 4) is 0 Å². The molecule has 1 aliphatic carbocycles. The molecule has 0 radical (unpaired) electrons. The minimum atomic E-state index is -0.0192. The van der Waals surface area contributed by atoms with Gasteiger partial charge >= 0.3 is 0 Å². The van der Waals surface area contributed by atoms with Crippen LogP contribution in [0.25, 0.3) is 0 Å². The van der Waals surface area contributed by atoms with E-state index in [9.17, 15) is 0 Å². The Morgan fingerprint density at radius 3 is 3.15 bits per heavy atom. The van der Waals surface area contributed by atoms with Gasteiger partial charge in [0.05, 0.1) is 17.8 Å². The number of hydrogen-bond donors (Lipinski definition) is 1. The molecular formula is C15H25N3O2. The second-order valence-electron chi connectivity index (χ2n) is 6.41. The third-order valence-electron chi connectivity index (χ3n) is 4.37. The van der Waals surface area contributed by atoms with Crippen LogP contribution >= 0.6 is 0 Å². The molecule has 1 atom stereocenters. The van der Waals surface area contributed by atoms with Gasteiger partial charge in [0.1, 0.15) is 0 Å². The molecule has 0 spiro atoms. The fourth-order valence-electron chi connectivity index (χ4n) is 2.88. The normalized spacial score (nSPS) is 27.9. The number of ether oxygens (including phenoxy) is 1. The van der Waals surface area contributed by atoms with Crippen LogP contribution in [0.2, 0.25) is 0 Å². The average Bonchev–Trinajstić information content (AvgIpc) is 3.17. The molecule has 1 aliphatic heterocycles. The second-order valence-corrected chi connectivity index (χ2v) is 6.41. The van der Waals surface area contributed by atoms with E-state index in [0.29, 0.717) is 6.04 Å². The molecule has 1 N–H and O–H groups in total. The Morgan fingerprint density at radius 1 is 1.55 bits per heavy atom. The first-order chi connectivity index (χ1) is 9.67. The van der Waals surface area contributed by atoms with Gasteiger partial charge in [0.2, 0.25) is 0 Å². The summed E-state index contributed by atoms with van der Waals surface area (Å²) in [5, 5.41) is 7.60. The highest BCUT2D eigenvalue weighted by atomic mass is 16.5. The first kappa shape index (κ1) is 14.0. The van der Waals surface area contributed by atoms with Crippen molar-refractivity contribution in [3.05, 3.63) is 17.5 Å². The molecule has 0 aromatic carbocycles. The van der Waals surface area contributed by atoms with Gasteiger partial charge < -0.3 is 14.6 Å². The molecular weight excluding hydrogens is 254 g/mol. The van der Waals surface area contributed by atoms with Crippen molar-refractivity contribution in [2.45, 2.75) is 57.3 Å². The van der Waals surface area contributed by atoms with Gasteiger partial charge in [-0.15, -0.1) is 0 Å². The number of nitrogens with one attached hydrogen (secondary N) is 1. The topological polar surface area (TPSA) is 50.5 Å². The number of likely N-dealkylation sites (tertiary alicyclic amines) is 1. The van der Waals surface area contributed by atoms with Crippen LogP contribution in [0.4, 0.5) is 0 Å². The molecule has 2 fully saturated rings. The van der Waals surface area contributed by atoms with E-state index in [2.05, 4.69) is 28.4 Å². The zero-order valence-electron chi connectivity index (χ0n) is 12.5. The van der Waals surface area contributed by atoms with E-state index in [1.165, 1.54) is 19.3 Å². The third kappa shape index (κ3) is 3.59. The van der Waals surface area contributed by atoms with E-state index < -0.39 is 0 Å². The molecule has 3 rings (SSSR count). The van der Waals surface area contributed by atoms with E-state index >= 15 is 0 Å². The van der Waals surface area contributed by atoms with Crippen molar-refractivity contribution in [2.75, 3.05) is 20.2 Å². The van der Waals surface area contributed by atoms with Crippen LogP contribution in [0.5, 0.6) is 0 Å². The summed E-state index contributed by atoms with van der Waals surface area (Å²) in [7, 11) is 1.81. The van der Waals surface area contributed by atoms with E-state index in [-0.39, 0.29) is 5.60 Å². The molecule has 20 heavy (non-hydrogen) atoms. The molecule has 0 bridgehead atoms. The van der Waals surface area contributed by atoms with Crippen LogP contribution in [-0.4, -0.2) is 41.9 Å². The van der Waals surface area contributed by atoms with Gasteiger partial charge in [-0.2, -0.15) is 0 Å². The van der Waals surface area contributed by atoms with Crippen molar-refractivity contribution in [1.82, 2.24) is 15.4 Å². The van der Waals surface area contributed by atoms with Crippen molar-refractivity contribution in [1.29, 1.82) is 0 Å². The Kier molecular flexibility index (Phi) is 4.10. The lowest BCUT2D eigenvalue weighted by atomic mass is 9.95. The lowest BCUT2D eigenvalue weighted by Crippen LogP contribution is -2.46. The minimum Gasteiger partial charge on any atom is -0.377 e. The van der Waals surface area contributed by atoms with E-state index in [0.717, 1.165) is 44.1 Å². The zero-order valence-corrected chi connectivity index (χ0v) is 12.5. The molecule has 2 heterocycles. The molecule has 112 valence electrons. The van der Waals surface area contributed by atoms with Crippen molar-refractivity contribution < 1.29 is 9.26 Å². The smallest absolute Gasteiger partial charge is 0.151 e. The molecule has 1 aromatic heterocycles. The van der Waals surface area contributed by atoms with Gasteiger partial charge in [0.25, 0.3) is 0 Å². The van der Waals surface area contributed by atoms with Crippen molar-refractivity contribution >= 4 is 0 Å². The summed E-state index contributed by atoms with van der Waals surface area (Å²) >= 11 is 0. The van der Waals surface area contributed by atoms with Gasteiger partial charge in [0, 0.05) is 32.3 Å². The van der Waals surface area contributed by atoms with Crippen LogP contribution in [-0.2, 0) is 17.8 Å². The lowest BCUT2D eigenvalue weighted by Gasteiger charge is -2.39. The Hall–Kier alpha value is -0.910. The lowest BCUT2D eigenvalue weighted by molar-refractivity contribution is -0.0541. The Bertz CT molecular complexity index is 444. The highest BCUT2D eigenvalue weighted by molar-refractivity contribution is 5.06. The first-order valence-electron chi connectivity index (χ1n) is 7.62. The average molecular weight is 279 g/mol. The SMILES string of the molecule is COC1(C)CCCN(Cc2cc(CNC3CC3)no2)C1. The van der Waals surface area contributed by atoms with E-state index in [1.54, 1.807) is 7.11 Å². The summed E-state index contributed by atoms with van der Waals surface area (Å²) in [4.78, 5) is 2.39. The van der Waals surface area contributed by atoms with Crippen LogP contribution in [0, 0.1) is 0 Å². The first-order valence-corrected chi connectivity index (χ1v) is 7.62. The molecule has 5 nitrogen and oxygen atoms in total. The Labute approximate surface area is 120 Å². The van der Waals surface area contributed by atoms with Gasteiger partial charge in [-0.3, -0.25) is 4.90 Å². The minimum absolute atomic E-state index is 0.0192. The second kappa shape index (κ2) is 5.84. The standard InChI is InChI=1S/C15H25N3O2/c1-15(19-2)6-3-7-18(11-15)10-14-8-13(17-20-14)9-16-12-4-5-12/h8,12,16H,3-7,9-11H2,1-2H3. The quantitative estimate of drug-likeness (QED) is 0.862. The van der Waals surface area contributed by atoms with Gasteiger partial charge in [-0.1, -0.05) is 5.16 Å². The van der Waals surface area contributed by atoms with Crippen molar-refractivity contribution in [3.63, 3.8) is 0 Å². The fraction of sp³-hybridized carbons (Fsp3) is 0.800. The number of hydrogen-bond acceptors (Lipinski definition) is 5. The van der Waals surface area contributed by atoms with E-state index in [4.69, 9.17) is 9.26 Å². The van der Waals surface area contributed by atoms with Crippen LogP contribution in [0.15, 0.2) is 10.6 Å². The summed E-state index contributed by atoms with van der Waals surface area (Å²) in [5.74, 6) is 0.956. The Morgan fingerprint density at radius 2 is 2.40 bits per heavy atom. The maximum Gasteiger partial charge on any atom is 0.151 e. The number of rotatable bonds is 6. The number of nitrogens with zero attached hydrogens (tertiary/aromatic N) is 2. The van der Waals surface area contributed by atoms with Gasteiger partial charge in [-0.25, -0.2) is 0 Å². The van der Waals surface area contributed by atoms with Crippen LogP contribution in [0.3, 0.4) is 0 Å². The number of aromatic nitrogens is 1. The molecule has 0 amide bonds. The Balaban J connectivity index is 1.51. The molecule has 1 aromatic rings. The number of piperidine rings is 1. The predicted molar refractivity (Wildman–Crippen MR) is 76.3 cm³/mol. The maximum absolute atomic E-state index is 5.63. The summed E-state index contributed by atoms with van der Waals surface area (Å²) < 4.78 is 11.1. The molecule has 1 saturated heterocycles. The predicted octanol–water partition coefficient (Wildman–Crippen LogP) is 1.93.